The van der Waals surface area contributed by atoms with Crippen LogP contribution in [0.2, 0.25) is 0 Å². The maximum atomic E-state index is 11.8. The van der Waals surface area contributed by atoms with Crippen LogP contribution in [0.5, 0.6) is 0 Å². The quantitative estimate of drug-likeness (QED) is 0.821. The van der Waals surface area contributed by atoms with Crippen LogP contribution >= 0.6 is 0 Å². The zero-order valence-electron chi connectivity index (χ0n) is 10.7. The summed E-state index contributed by atoms with van der Waals surface area (Å²) in [5.41, 5.74) is 0.744. The predicted molar refractivity (Wildman–Crippen MR) is 71.6 cm³/mol. The number of nitrogens with zero attached hydrogens (tertiary/aromatic N) is 4. The smallest absolute Gasteiger partial charge is 0.277 e. The lowest BCUT2D eigenvalue weighted by atomic mass is 10.4. The molecule has 0 bridgehead atoms. The van der Waals surface area contributed by atoms with E-state index >= 15 is 0 Å². The Morgan fingerprint density at radius 1 is 1.25 bits per heavy atom. The van der Waals surface area contributed by atoms with Crippen LogP contribution in [0.1, 0.15) is 10.5 Å². The molecule has 0 unspecified atom stereocenters. The highest BCUT2D eigenvalue weighted by molar-refractivity contribution is 6.02. The molecule has 1 fully saturated rings. The molecule has 104 valence electrons. The van der Waals surface area contributed by atoms with Gasteiger partial charge in [-0.3, -0.25) is 4.79 Å². The van der Waals surface area contributed by atoms with Crippen molar-refractivity contribution < 1.29 is 9.21 Å². The molecule has 0 aliphatic carbocycles. The number of oxazole rings is 1. The van der Waals surface area contributed by atoms with Crippen LogP contribution < -0.4 is 15.5 Å². The summed E-state index contributed by atoms with van der Waals surface area (Å²) in [5.74, 6) is 0.322. The van der Waals surface area contributed by atoms with Crippen molar-refractivity contribution in [3.05, 3.63) is 30.7 Å². The highest BCUT2D eigenvalue weighted by Gasteiger charge is 2.13. The molecule has 0 radical (unpaired) electrons. The minimum Gasteiger partial charge on any atom is -0.451 e. The van der Waals surface area contributed by atoms with Crippen molar-refractivity contribution in [3.63, 3.8) is 0 Å². The fourth-order valence-corrected chi connectivity index (χ4v) is 1.93. The lowest BCUT2D eigenvalue weighted by Gasteiger charge is -2.27. The van der Waals surface area contributed by atoms with Gasteiger partial charge in [0.05, 0.1) is 18.1 Å². The van der Waals surface area contributed by atoms with Crippen LogP contribution in [0.15, 0.2) is 29.5 Å². The molecule has 3 rings (SSSR count). The van der Waals surface area contributed by atoms with Crippen molar-refractivity contribution in [2.24, 2.45) is 0 Å². The molecule has 2 aromatic heterocycles. The van der Waals surface area contributed by atoms with Gasteiger partial charge in [-0.2, -0.15) is 0 Å². The van der Waals surface area contributed by atoms with E-state index in [1.54, 1.807) is 12.4 Å². The number of nitrogens with one attached hydrogen (secondary N) is 2. The molecular formula is C12H14N6O2. The summed E-state index contributed by atoms with van der Waals surface area (Å²) in [5, 5.41) is 5.92. The number of rotatable bonds is 3. The van der Waals surface area contributed by atoms with E-state index in [2.05, 4.69) is 30.5 Å². The van der Waals surface area contributed by atoms with Crippen molar-refractivity contribution in [2.45, 2.75) is 0 Å². The number of piperazine rings is 1. The SMILES string of the molecule is O=C(Nc1cnc(N2CCNCC2)nc1)c1cocn1. The standard InChI is InChI=1S/C12H14N6O2/c19-11(10-7-20-8-16-10)17-9-5-14-12(15-6-9)18-3-1-13-2-4-18/h5-8,13H,1-4H2,(H,17,19). The average molecular weight is 274 g/mol. The van der Waals surface area contributed by atoms with Gasteiger partial charge >= 0.3 is 0 Å². The fourth-order valence-electron chi connectivity index (χ4n) is 1.93. The molecule has 2 N–H and O–H groups in total. The van der Waals surface area contributed by atoms with Gasteiger partial charge in [0.1, 0.15) is 6.26 Å². The molecule has 0 aromatic carbocycles. The minimum atomic E-state index is -0.350. The van der Waals surface area contributed by atoms with E-state index in [-0.39, 0.29) is 11.6 Å². The molecule has 20 heavy (non-hydrogen) atoms. The molecule has 1 saturated heterocycles. The normalized spacial score (nSPS) is 15.1. The fraction of sp³-hybridized carbons (Fsp3) is 0.333. The molecule has 3 heterocycles. The zero-order chi connectivity index (χ0) is 13.8. The van der Waals surface area contributed by atoms with Crippen molar-refractivity contribution in [3.8, 4) is 0 Å². The molecule has 1 amide bonds. The number of aromatic nitrogens is 3. The minimum absolute atomic E-state index is 0.219. The third-order valence-electron chi connectivity index (χ3n) is 2.96. The van der Waals surface area contributed by atoms with Gasteiger partial charge in [-0.1, -0.05) is 0 Å². The van der Waals surface area contributed by atoms with Crippen LogP contribution in [-0.4, -0.2) is 47.0 Å². The molecule has 0 spiro atoms. The molecule has 8 nitrogen and oxygen atoms in total. The highest BCUT2D eigenvalue weighted by atomic mass is 16.3. The molecule has 1 aliphatic heterocycles. The van der Waals surface area contributed by atoms with Gasteiger partial charge in [0.2, 0.25) is 5.95 Å². The molecule has 8 heteroatoms. The summed E-state index contributed by atoms with van der Waals surface area (Å²) in [7, 11) is 0. The molecule has 2 aromatic rings. The van der Waals surface area contributed by atoms with E-state index in [0.717, 1.165) is 26.2 Å². The summed E-state index contributed by atoms with van der Waals surface area (Å²) in [6.07, 6.45) is 5.66. The summed E-state index contributed by atoms with van der Waals surface area (Å²) in [4.78, 5) is 26.1. The van der Waals surface area contributed by atoms with E-state index in [9.17, 15) is 4.79 Å². The van der Waals surface area contributed by atoms with Gasteiger partial charge in [-0.05, 0) is 0 Å². The number of hydrogen-bond acceptors (Lipinski definition) is 7. The van der Waals surface area contributed by atoms with E-state index in [4.69, 9.17) is 4.42 Å². The first-order chi connectivity index (χ1) is 9.83. The number of carbonyl (C=O) groups is 1. The average Bonchev–Trinajstić information content (AvgIpc) is 3.03. The van der Waals surface area contributed by atoms with Crippen molar-refractivity contribution in [1.82, 2.24) is 20.3 Å². The van der Waals surface area contributed by atoms with Gasteiger partial charge in [-0.15, -0.1) is 0 Å². The number of carbonyl (C=O) groups excluding carboxylic acids is 1. The van der Waals surface area contributed by atoms with Gasteiger partial charge in [0.15, 0.2) is 12.1 Å². The predicted octanol–water partition coefficient (Wildman–Crippen LogP) is 0.126. The Morgan fingerprint density at radius 3 is 2.65 bits per heavy atom. The van der Waals surface area contributed by atoms with Crippen LogP contribution in [0.4, 0.5) is 11.6 Å². The molecular weight excluding hydrogens is 260 g/mol. The summed E-state index contributed by atoms with van der Waals surface area (Å²) >= 11 is 0. The Kier molecular flexibility index (Phi) is 3.55. The lowest BCUT2D eigenvalue weighted by Crippen LogP contribution is -2.44. The topological polar surface area (TPSA) is 96.2 Å². The van der Waals surface area contributed by atoms with Crippen LogP contribution in [0.3, 0.4) is 0 Å². The van der Waals surface area contributed by atoms with Gasteiger partial charge in [-0.25, -0.2) is 15.0 Å². The maximum Gasteiger partial charge on any atom is 0.277 e. The first-order valence-corrected chi connectivity index (χ1v) is 6.30. The first-order valence-electron chi connectivity index (χ1n) is 6.30. The van der Waals surface area contributed by atoms with Crippen molar-refractivity contribution >= 4 is 17.5 Å². The summed E-state index contributed by atoms with van der Waals surface area (Å²) in [6, 6.07) is 0. The zero-order valence-corrected chi connectivity index (χ0v) is 10.7. The van der Waals surface area contributed by atoms with Crippen LogP contribution in [0, 0.1) is 0 Å². The number of amides is 1. The second kappa shape index (κ2) is 5.66. The third kappa shape index (κ3) is 2.75. The Labute approximate surface area is 115 Å². The maximum absolute atomic E-state index is 11.8. The Balaban J connectivity index is 1.65. The lowest BCUT2D eigenvalue weighted by molar-refractivity contribution is 0.102. The van der Waals surface area contributed by atoms with Crippen molar-refractivity contribution in [1.29, 1.82) is 0 Å². The Morgan fingerprint density at radius 2 is 2.00 bits per heavy atom. The summed E-state index contributed by atoms with van der Waals surface area (Å²) < 4.78 is 4.76. The second-order valence-electron chi connectivity index (χ2n) is 4.34. The third-order valence-corrected chi connectivity index (χ3v) is 2.96. The van der Waals surface area contributed by atoms with Gasteiger partial charge < -0.3 is 20.0 Å². The molecule has 1 aliphatic rings. The monoisotopic (exact) mass is 274 g/mol. The Bertz CT molecular complexity index is 562. The highest BCUT2D eigenvalue weighted by Crippen LogP contribution is 2.11. The first kappa shape index (κ1) is 12.5. The summed E-state index contributed by atoms with van der Waals surface area (Å²) in [6.45, 7) is 3.61. The molecule has 0 saturated carbocycles. The van der Waals surface area contributed by atoms with E-state index in [0.29, 0.717) is 11.6 Å². The molecule has 0 atom stereocenters. The second-order valence-corrected chi connectivity index (χ2v) is 4.34. The number of hydrogen-bond donors (Lipinski definition) is 2. The van der Waals surface area contributed by atoms with E-state index in [1.807, 2.05) is 0 Å². The number of anilines is 2. The van der Waals surface area contributed by atoms with Crippen molar-refractivity contribution in [2.75, 3.05) is 36.4 Å². The van der Waals surface area contributed by atoms with Crippen LogP contribution in [0.25, 0.3) is 0 Å². The van der Waals surface area contributed by atoms with E-state index in [1.165, 1.54) is 12.7 Å². The largest absolute Gasteiger partial charge is 0.451 e. The van der Waals surface area contributed by atoms with Gasteiger partial charge in [0.25, 0.3) is 5.91 Å². The van der Waals surface area contributed by atoms with Gasteiger partial charge in [0, 0.05) is 26.2 Å². The Hall–Kier alpha value is -2.48. The van der Waals surface area contributed by atoms with Crippen LogP contribution in [-0.2, 0) is 0 Å². The van der Waals surface area contributed by atoms with E-state index < -0.39 is 0 Å².